The summed E-state index contributed by atoms with van der Waals surface area (Å²) in [6, 6.07) is 5.04. The summed E-state index contributed by atoms with van der Waals surface area (Å²) in [4.78, 5) is 12.9. The predicted octanol–water partition coefficient (Wildman–Crippen LogP) is 1.71. The number of aliphatic hydroxyl groups excluding tert-OH is 1. The number of nitrogens with zero attached hydrogens (tertiary/aromatic N) is 1. The van der Waals surface area contributed by atoms with Crippen LogP contribution in [-0.2, 0) is 9.53 Å². The monoisotopic (exact) mass is 241 g/mol. The van der Waals surface area contributed by atoms with E-state index < -0.39 is 12.3 Å². The van der Waals surface area contributed by atoms with Crippen molar-refractivity contribution in [2.75, 3.05) is 12.0 Å². The number of hydrogen-bond donors (Lipinski definition) is 1. The van der Waals surface area contributed by atoms with Crippen LogP contribution in [0, 0.1) is 0 Å². The molecule has 0 saturated heterocycles. The van der Waals surface area contributed by atoms with Crippen LogP contribution >= 0.6 is 11.6 Å². The molecule has 16 heavy (non-hydrogen) atoms. The molecule has 2 rings (SSSR count). The lowest BCUT2D eigenvalue weighted by Gasteiger charge is -2.24. The van der Waals surface area contributed by atoms with E-state index in [-0.39, 0.29) is 5.91 Å². The van der Waals surface area contributed by atoms with Crippen molar-refractivity contribution in [2.24, 2.45) is 0 Å². The number of fused-ring (bicyclic) bond motifs is 1. The van der Waals surface area contributed by atoms with Gasteiger partial charge in [-0.3, -0.25) is 9.69 Å². The summed E-state index contributed by atoms with van der Waals surface area (Å²) in [5.74, 6) is -0.188. The van der Waals surface area contributed by atoms with E-state index in [0.717, 1.165) is 0 Å². The normalized spacial score (nSPS) is 23.4. The second-order valence-corrected chi connectivity index (χ2v) is 4.10. The van der Waals surface area contributed by atoms with Gasteiger partial charge in [-0.15, -0.1) is 0 Å². The molecule has 1 N–H and O–H groups in total. The van der Waals surface area contributed by atoms with Crippen molar-refractivity contribution in [2.45, 2.75) is 19.3 Å². The molecule has 2 atom stereocenters. The quantitative estimate of drug-likeness (QED) is 0.814. The number of methoxy groups -OCH3 is 1. The third-order valence-electron chi connectivity index (χ3n) is 2.68. The molecule has 0 bridgehead atoms. The van der Waals surface area contributed by atoms with Crippen molar-refractivity contribution in [1.82, 2.24) is 0 Å². The smallest absolute Gasteiger partial charge is 0.226 e. The van der Waals surface area contributed by atoms with Gasteiger partial charge in [0.2, 0.25) is 5.91 Å². The molecule has 86 valence electrons. The molecule has 0 saturated carbocycles. The third-order valence-corrected chi connectivity index (χ3v) is 2.91. The molecule has 2 unspecified atom stereocenters. The minimum absolute atomic E-state index is 0.188. The molecule has 4 nitrogen and oxygen atoms in total. The van der Waals surface area contributed by atoms with Gasteiger partial charge in [0.25, 0.3) is 0 Å². The molecule has 1 aliphatic rings. The molecule has 1 amide bonds. The zero-order valence-electron chi connectivity index (χ0n) is 8.98. The molecular formula is C11H12ClNO3. The van der Waals surface area contributed by atoms with Gasteiger partial charge in [0.1, 0.15) is 6.10 Å². The second-order valence-electron chi connectivity index (χ2n) is 3.66. The maximum atomic E-state index is 11.5. The van der Waals surface area contributed by atoms with Gasteiger partial charge in [0.05, 0.1) is 5.69 Å². The van der Waals surface area contributed by atoms with Crippen molar-refractivity contribution in [3.8, 4) is 0 Å². The molecule has 0 fully saturated rings. The molecule has 0 radical (unpaired) electrons. The lowest BCUT2D eigenvalue weighted by Crippen LogP contribution is -2.39. The summed E-state index contributed by atoms with van der Waals surface area (Å²) in [6.45, 7) is 1.43. The highest BCUT2D eigenvalue weighted by molar-refractivity contribution is 6.31. The molecule has 0 spiro atoms. The number of anilines is 1. The summed E-state index contributed by atoms with van der Waals surface area (Å²) in [7, 11) is 1.46. The number of rotatable bonds is 1. The van der Waals surface area contributed by atoms with E-state index in [1.165, 1.54) is 18.9 Å². The first kappa shape index (κ1) is 11.4. The summed E-state index contributed by atoms with van der Waals surface area (Å²) < 4.78 is 5.13. The van der Waals surface area contributed by atoms with E-state index in [0.29, 0.717) is 16.3 Å². The van der Waals surface area contributed by atoms with Gasteiger partial charge in [-0.1, -0.05) is 17.7 Å². The van der Waals surface area contributed by atoms with Crippen molar-refractivity contribution < 1.29 is 14.6 Å². The summed E-state index contributed by atoms with van der Waals surface area (Å²) in [6.07, 6.45) is -1.51. The number of amides is 1. The van der Waals surface area contributed by atoms with Crippen LogP contribution in [0.2, 0.25) is 5.02 Å². The Bertz CT molecular complexity index is 435. The molecule has 0 aromatic heterocycles. The first-order valence-electron chi connectivity index (χ1n) is 4.86. The Balaban J connectivity index is 2.54. The standard InChI is InChI=1S/C11H12ClNO3/c1-6(14)13-9-5-7(12)3-4-8(9)10(15)11(13)16-2/h3-5,10-11,15H,1-2H3. The number of halogens is 1. The highest BCUT2D eigenvalue weighted by Gasteiger charge is 2.39. The Kier molecular flexibility index (Phi) is 2.88. The average Bonchev–Trinajstić information content (AvgIpc) is 2.50. The van der Waals surface area contributed by atoms with E-state index in [9.17, 15) is 9.90 Å². The van der Waals surface area contributed by atoms with E-state index in [1.54, 1.807) is 18.2 Å². The fraction of sp³-hybridized carbons (Fsp3) is 0.364. The fourth-order valence-corrected chi connectivity index (χ4v) is 2.16. The number of aliphatic hydroxyl groups is 1. The van der Waals surface area contributed by atoms with E-state index >= 15 is 0 Å². The maximum absolute atomic E-state index is 11.5. The Morgan fingerprint density at radius 3 is 2.81 bits per heavy atom. The fourth-order valence-electron chi connectivity index (χ4n) is 1.99. The summed E-state index contributed by atoms with van der Waals surface area (Å²) in [5, 5.41) is 10.5. The largest absolute Gasteiger partial charge is 0.384 e. The molecule has 1 aromatic carbocycles. The lowest BCUT2D eigenvalue weighted by atomic mass is 10.1. The summed E-state index contributed by atoms with van der Waals surface area (Å²) in [5.41, 5.74) is 1.27. The van der Waals surface area contributed by atoms with Crippen molar-refractivity contribution in [3.63, 3.8) is 0 Å². The Labute approximate surface area is 98.4 Å². The van der Waals surface area contributed by atoms with Crippen LogP contribution in [0.25, 0.3) is 0 Å². The number of ether oxygens (including phenoxy) is 1. The molecule has 0 aliphatic carbocycles. The van der Waals surface area contributed by atoms with Gasteiger partial charge < -0.3 is 9.84 Å². The minimum Gasteiger partial charge on any atom is -0.384 e. The van der Waals surface area contributed by atoms with Gasteiger partial charge in [-0.25, -0.2) is 0 Å². The van der Waals surface area contributed by atoms with Crippen LogP contribution in [0.5, 0.6) is 0 Å². The first-order chi connectivity index (χ1) is 7.56. The third kappa shape index (κ3) is 1.59. The van der Waals surface area contributed by atoms with Crippen LogP contribution in [-0.4, -0.2) is 24.4 Å². The topological polar surface area (TPSA) is 49.8 Å². The van der Waals surface area contributed by atoms with Crippen molar-refractivity contribution in [1.29, 1.82) is 0 Å². The van der Waals surface area contributed by atoms with E-state index in [2.05, 4.69) is 0 Å². The Hall–Kier alpha value is -1.10. The van der Waals surface area contributed by atoms with Gasteiger partial charge in [-0.2, -0.15) is 0 Å². The minimum atomic E-state index is -0.832. The molecular weight excluding hydrogens is 230 g/mol. The lowest BCUT2D eigenvalue weighted by molar-refractivity contribution is -0.120. The number of hydrogen-bond acceptors (Lipinski definition) is 3. The molecule has 5 heteroatoms. The van der Waals surface area contributed by atoms with Gasteiger partial charge in [0, 0.05) is 24.6 Å². The average molecular weight is 242 g/mol. The van der Waals surface area contributed by atoms with Crippen LogP contribution in [0.15, 0.2) is 18.2 Å². The predicted molar refractivity (Wildman–Crippen MR) is 60.4 cm³/mol. The van der Waals surface area contributed by atoms with Crippen LogP contribution in [0.1, 0.15) is 18.6 Å². The zero-order valence-corrected chi connectivity index (χ0v) is 9.73. The van der Waals surface area contributed by atoms with Gasteiger partial charge >= 0.3 is 0 Å². The number of carbonyl (C=O) groups excluding carboxylic acids is 1. The number of benzene rings is 1. The Morgan fingerprint density at radius 1 is 1.56 bits per heavy atom. The van der Waals surface area contributed by atoms with Crippen LogP contribution in [0.4, 0.5) is 5.69 Å². The molecule has 1 heterocycles. The van der Waals surface area contributed by atoms with Gasteiger partial charge in [0.15, 0.2) is 6.23 Å². The molecule has 1 aliphatic heterocycles. The van der Waals surface area contributed by atoms with Gasteiger partial charge in [-0.05, 0) is 12.1 Å². The van der Waals surface area contributed by atoms with Crippen LogP contribution < -0.4 is 4.90 Å². The van der Waals surface area contributed by atoms with Crippen molar-refractivity contribution >= 4 is 23.2 Å². The molecule has 1 aromatic rings. The second kappa shape index (κ2) is 4.05. The van der Waals surface area contributed by atoms with E-state index in [4.69, 9.17) is 16.3 Å². The Morgan fingerprint density at radius 2 is 2.25 bits per heavy atom. The van der Waals surface area contributed by atoms with E-state index in [1.807, 2.05) is 0 Å². The highest BCUT2D eigenvalue weighted by atomic mass is 35.5. The SMILES string of the molecule is COC1C(O)c2ccc(Cl)cc2N1C(C)=O. The highest BCUT2D eigenvalue weighted by Crippen LogP contribution is 2.41. The van der Waals surface area contributed by atoms with Crippen molar-refractivity contribution in [3.05, 3.63) is 28.8 Å². The number of carbonyl (C=O) groups is 1. The first-order valence-corrected chi connectivity index (χ1v) is 5.24. The van der Waals surface area contributed by atoms with Crippen LogP contribution in [0.3, 0.4) is 0 Å². The zero-order chi connectivity index (χ0) is 11.9. The maximum Gasteiger partial charge on any atom is 0.226 e. The summed E-state index contributed by atoms with van der Waals surface area (Å²) >= 11 is 5.87.